The maximum Gasteiger partial charge on any atom is 0.261 e. The minimum atomic E-state index is -0.132. The molecule has 0 saturated carbocycles. The maximum absolute atomic E-state index is 13.8. The molecule has 0 aliphatic rings. The summed E-state index contributed by atoms with van der Waals surface area (Å²) in [4.78, 5) is 26.1. The predicted octanol–water partition coefficient (Wildman–Crippen LogP) is 4.75. The number of hydrogen-bond acceptors (Lipinski definition) is 7. The van der Waals surface area contributed by atoms with Gasteiger partial charge in [-0.1, -0.05) is 29.5 Å². The van der Waals surface area contributed by atoms with Crippen molar-refractivity contribution in [1.82, 2.24) is 19.7 Å². The highest BCUT2D eigenvalue weighted by atomic mass is 32.1. The fourth-order valence-corrected chi connectivity index (χ4v) is 5.28. The Labute approximate surface area is 192 Å². The van der Waals surface area contributed by atoms with Crippen molar-refractivity contribution in [1.29, 1.82) is 0 Å². The van der Waals surface area contributed by atoms with Gasteiger partial charge in [0, 0.05) is 17.7 Å². The summed E-state index contributed by atoms with van der Waals surface area (Å²) in [6, 6.07) is 13.8. The standard InChI is InChI=1S/C23H21N5O2S2/c1-15-12-17(18-13-24-28(21(18)25-15)14-16-6-5-11-31-16)22(29)27(9-10-30-2)23-26-19-7-3-4-8-20(19)32-23/h3-8,11-13H,9-10,14H2,1-2H3. The molecule has 0 N–H and O–H groups in total. The zero-order valence-electron chi connectivity index (χ0n) is 17.7. The van der Waals surface area contributed by atoms with Gasteiger partial charge in [-0.3, -0.25) is 9.69 Å². The van der Waals surface area contributed by atoms with Crippen molar-refractivity contribution in [2.75, 3.05) is 25.2 Å². The van der Waals surface area contributed by atoms with Gasteiger partial charge in [-0.05, 0) is 36.6 Å². The first kappa shape index (κ1) is 20.7. The van der Waals surface area contributed by atoms with E-state index in [-0.39, 0.29) is 5.91 Å². The topological polar surface area (TPSA) is 73.1 Å². The Balaban J connectivity index is 1.57. The Hall–Kier alpha value is -3.14. The van der Waals surface area contributed by atoms with Crippen molar-refractivity contribution in [3.63, 3.8) is 0 Å². The SMILES string of the molecule is COCCN(C(=O)c1cc(C)nc2c1cnn2Cc1cccs1)c1nc2ccccc2s1. The number of pyridine rings is 1. The van der Waals surface area contributed by atoms with E-state index in [0.717, 1.165) is 21.3 Å². The number of para-hydroxylation sites is 1. The summed E-state index contributed by atoms with van der Waals surface area (Å²) in [6.45, 7) is 3.33. The van der Waals surface area contributed by atoms with Gasteiger partial charge in [-0.2, -0.15) is 5.10 Å². The van der Waals surface area contributed by atoms with Crippen molar-refractivity contribution in [3.05, 3.63) is 70.2 Å². The summed E-state index contributed by atoms with van der Waals surface area (Å²) in [6.07, 6.45) is 1.73. The Kier molecular flexibility index (Phi) is 5.69. The molecular formula is C23H21N5O2S2. The number of aryl methyl sites for hydroxylation is 1. The van der Waals surface area contributed by atoms with Gasteiger partial charge in [0.1, 0.15) is 0 Å². The van der Waals surface area contributed by atoms with Crippen LogP contribution in [0.2, 0.25) is 0 Å². The van der Waals surface area contributed by atoms with Crippen LogP contribution in [0.5, 0.6) is 0 Å². The van der Waals surface area contributed by atoms with Crippen LogP contribution >= 0.6 is 22.7 Å². The van der Waals surface area contributed by atoms with E-state index in [1.54, 1.807) is 29.5 Å². The van der Waals surface area contributed by atoms with Gasteiger partial charge in [0.25, 0.3) is 5.91 Å². The number of amides is 1. The molecule has 1 amide bonds. The molecule has 5 rings (SSSR count). The van der Waals surface area contributed by atoms with Crippen LogP contribution in [-0.2, 0) is 11.3 Å². The fourth-order valence-electron chi connectivity index (χ4n) is 3.60. The van der Waals surface area contributed by atoms with E-state index < -0.39 is 0 Å². The third kappa shape index (κ3) is 3.90. The first-order chi connectivity index (χ1) is 15.6. The summed E-state index contributed by atoms with van der Waals surface area (Å²) in [5.41, 5.74) is 2.92. The third-order valence-corrected chi connectivity index (χ3v) is 7.05. The molecule has 7 nitrogen and oxygen atoms in total. The van der Waals surface area contributed by atoms with Crippen LogP contribution in [0, 0.1) is 6.92 Å². The Bertz CT molecular complexity index is 1360. The molecule has 4 aromatic heterocycles. The molecule has 0 aliphatic heterocycles. The van der Waals surface area contributed by atoms with Crippen molar-refractivity contribution >= 4 is 55.0 Å². The van der Waals surface area contributed by atoms with E-state index in [9.17, 15) is 4.79 Å². The normalized spacial score (nSPS) is 11.4. The number of benzene rings is 1. The van der Waals surface area contributed by atoms with E-state index in [0.29, 0.717) is 36.0 Å². The van der Waals surface area contributed by atoms with Gasteiger partial charge in [0.05, 0.1) is 47.1 Å². The van der Waals surface area contributed by atoms with Crippen molar-refractivity contribution < 1.29 is 9.53 Å². The number of thiazole rings is 1. The summed E-state index contributed by atoms with van der Waals surface area (Å²) in [7, 11) is 1.63. The average Bonchev–Trinajstić information content (AvgIpc) is 3.54. The van der Waals surface area contributed by atoms with E-state index in [1.807, 2.05) is 53.4 Å². The predicted molar refractivity (Wildman–Crippen MR) is 129 cm³/mol. The lowest BCUT2D eigenvalue weighted by molar-refractivity contribution is 0.0977. The fraction of sp³-hybridized carbons (Fsp3) is 0.217. The minimum Gasteiger partial charge on any atom is -0.383 e. The number of aromatic nitrogens is 4. The molecule has 0 bridgehead atoms. The molecule has 0 fully saturated rings. The zero-order valence-corrected chi connectivity index (χ0v) is 19.3. The van der Waals surface area contributed by atoms with Crippen LogP contribution in [0.4, 0.5) is 5.13 Å². The molecule has 0 aliphatic carbocycles. The van der Waals surface area contributed by atoms with Crippen molar-refractivity contribution in [3.8, 4) is 0 Å². The second kappa shape index (κ2) is 8.78. The summed E-state index contributed by atoms with van der Waals surface area (Å²) in [5, 5.41) is 7.97. The molecular weight excluding hydrogens is 442 g/mol. The number of carbonyl (C=O) groups excluding carboxylic acids is 1. The second-order valence-electron chi connectivity index (χ2n) is 7.34. The molecule has 1 aromatic carbocycles. The Morgan fingerprint density at radius 2 is 2.06 bits per heavy atom. The number of hydrogen-bond donors (Lipinski definition) is 0. The lowest BCUT2D eigenvalue weighted by atomic mass is 10.1. The number of anilines is 1. The summed E-state index contributed by atoms with van der Waals surface area (Å²) in [5.74, 6) is -0.132. The number of fused-ring (bicyclic) bond motifs is 2. The minimum absolute atomic E-state index is 0.132. The van der Waals surface area contributed by atoms with Gasteiger partial charge in [0.2, 0.25) is 0 Å². The van der Waals surface area contributed by atoms with Crippen molar-refractivity contribution in [2.24, 2.45) is 0 Å². The number of thiophene rings is 1. The van der Waals surface area contributed by atoms with Crippen LogP contribution in [0.25, 0.3) is 21.3 Å². The van der Waals surface area contributed by atoms with E-state index in [1.165, 1.54) is 16.2 Å². The second-order valence-corrected chi connectivity index (χ2v) is 9.39. The van der Waals surface area contributed by atoms with Crippen LogP contribution < -0.4 is 4.90 Å². The smallest absolute Gasteiger partial charge is 0.261 e. The number of carbonyl (C=O) groups is 1. The number of ether oxygens (including phenoxy) is 1. The van der Waals surface area contributed by atoms with Gasteiger partial charge >= 0.3 is 0 Å². The first-order valence-corrected chi connectivity index (χ1v) is 11.9. The molecule has 9 heteroatoms. The number of nitrogens with zero attached hydrogens (tertiary/aromatic N) is 5. The number of rotatable bonds is 7. The third-order valence-electron chi connectivity index (χ3n) is 5.13. The van der Waals surface area contributed by atoms with Gasteiger partial charge in [-0.15, -0.1) is 11.3 Å². The largest absolute Gasteiger partial charge is 0.383 e. The highest BCUT2D eigenvalue weighted by Crippen LogP contribution is 2.31. The molecule has 0 unspecified atom stereocenters. The number of methoxy groups -OCH3 is 1. The zero-order chi connectivity index (χ0) is 22.1. The first-order valence-electron chi connectivity index (χ1n) is 10.2. The average molecular weight is 464 g/mol. The van der Waals surface area contributed by atoms with Crippen LogP contribution in [-0.4, -0.2) is 45.9 Å². The molecule has 0 atom stereocenters. The molecule has 162 valence electrons. The lowest BCUT2D eigenvalue weighted by Crippen LogP contribution is -2.34. The summed E-state index contributed by atoms with van der Waals surface area (Å²) < 4.78 is 8.17. The monoisotopic (exact) mass is 463 g/mol. The lowest BCUT2D eigenvalue weighted by Gasteiger charge is -2.20. The van der Waals surface area contributed by atoms with Crippen LogP contribution in [0.1, 0.15) is 20.9 Å². The highest BCUT2D eigenvalue weighted by Gasteiger charge is 2.25. The molecule has 0 radical (unpaired) electrons. The molecule has 4 heterocycles. The summed E-state index contributed by atoms with van der Waals surface area (Å²) >= 11 is 3.17. The molecule has 32 heavy (non-hydrogen) atoms. The van der Waals surface area contributed by atoms with Crippen LogP contribution in [0.15, 0.2) is 54.0 Å². The van der Waals surface area contributed by atoms with Crippen LogP contribution in [0.3, 0.4) is 0 Å². The molecule has 0 saturated heterocycles. The Morgan fingerprint density at radius 3 is 2.84 bits per heavy atom. The highest BCUT2D eigenvalue weighted by molar-refractivity contribution is 7.22. The molecule has 5 aromatic rings. The quantitative estimate of drug-likeness (QED) is 0.348. The van der Waals surface area contributed by atoms with Gasteiger partial charge in [0.15, 0.2) is 10.8 Å². The van der Waals surface area contributed by atoms with Gasteiger partial charge < -0.3 is 4.74 Å². The van der Waals surface area contributed by atoms with Gasteiger partial charge in [-0.25, -0.2) is 14.6 Å². The van der Waals surface area contributed by atoms with E-state index in [4.69, 9.17) is 9.72 Å². The maximum atomic E-state index is 13.8. The van der Waals surface area contributed by atoms with E-state index >= 15 is 0 Å². The van der Waals surface area contributed by atoms with Crippen molar-refractivity contribution in [2.45, 2.75) is 13.5 Å². The van der Waals surface area contributed by atoms with E-state index in [2.05, 4.69) is 16.1 Å². The molecule has 0 spiro atoms. The Morgan fingerprint density at radius 1 is 1.19 bits per heavy atom.